The van der Waals surface area contributed by atoms with Crippen molar-refractivity contribution in [1.29, 1.82) is 0 Å². The second-order valence-electron chi connectivity index (χ2n) is 5.97. The lowest BCUT2D eigenvalue weighted by Crippen LogP contribution is -2.54. The summed E-state index contributed by atoms with van der Waals surface area (Å²) < 4.78 is 76.6. The minimum absolute atomic E-state index is 0.0128. The molecule has 0 bridgehead atoms. The Hall–Kier alpha value is -1.27. The Morgan fingerprint density at radius 3 is 2.32 bits per heavy atom. The summed E-state index contributed by atoms with van der Waals surface area (Å²) in [5.41, 5.74) is -4.09. The molecule has 0 aromatic heterocycles. The molecule has 1 fully saturated rings. The van der Waals surface area contributed by atoms with E-state index in [2.05, 4.69) is 5.10 Å². The highest BCUT2D eigenvalue weighted by Crippen LogP contribution is 2.35. The van der Waals surface area contributed by atoms with Crippen molar-refractivity contribution in [2.45, 2.75) is 44.8 Å². The topological polar surface area (TPSA) is 90.3 Å². The predicted molar refractivity (Wildman–Crippen MR) is 79.6 cm³/mol. The fourth-order valence-corrected chi connectivity index (χ4v) is 3.99. The van der Waals surface area contributed by atoms with Crippen LogP contribution in [-0.4, -0.2) is 71.9 Å². The van der Waals surface area contributed by atoms with E-state index in [1.165, 1.54) is 11.2 Å². The van der Waals surface area contributed by atoms with Crippen molar-refractivity contribution in [1.82, 2.24) is 9.31 Å². The zero-order chi connectivity index (χ0) is 19.0. The summed E-state index contributed by atoms with van der Waals surface area (Å²) in [4.78, 5) is 12.4. The molecule has 12 heteroatoms. The van der Waals surface area contributed by atoms with E-state index in [4.69, 9.17) is 0 Å². The Morgan fingerprint density at radius 2 is 1.88 bits per heavy atom. The van der Waals surface area contributed by atoms with Gasteiger partial charge in [-0.25, -0.2) is 30.3 Å². The maximum absolute atomic E-state index is 13.2. The number of rotatable bonds is 5. The summed E-state index contributed by atoms with van der Waals surface area (Å²) in [6.45, 7) is 1.50. The lowest BCUT2D eigenvalue weighted by atomic mass is 9.96. The van der Waals surface area contributed by atoms with Gasteiger partial charge in [0.2, 0.25) is 21.7 Å². The van der Waals surface area contributed by atoms with Gasteiger partial charge in [0.1, 0.15) is 5.71 Å². The van der Waals surface area contributed by atoms with Crippen LogP contribution < -0.4 is 0 Å². The fraction of sp³-hybridized carbons (Fsp3) is 0.846. The zero-order valence-electron chi connectivity index (χ0n) is 13.4. The van der Waals surface area contributed by atoms with Crippen molar-refractivity contribution in [3.63, 3.8) is 0 Å². The van der Waals surface area contributed by atoms with Crippen molar-refractivity contribution >= 4 is 21.6 Å². The number of carbonyl (C=O) groups excluding carboxylic acids is 1. The SMILES string of the molecule is CCS(=O)(=O)N1CCC(C(=O)N2N=C(C(F)F)CC2(O)C(F)F)CC1. The number of halogens is 4. The molecule has 0 spiro atoms. The summed E-state index contributed by atoms with van der Waals surface area (Å²) in [6.07, 6.45) is -7.70. The molecule has 7 nitrogen and oxygen atoms in total. The van der Waals surface area contributed by atoms with Crippen molar-refractivity contribution in [3.05, 3.63) is 0 Å². The molecule has 1 atom stereocenters. The Kier molecular flexibility index (Phi) is 5.74. The molecule has 1 N–H and O–H groups in total. The van der Waals surface area contributed by atoms with E-state index in [0.29, 0.717) is 0 Å². The molecule has 0 aromatic carbocycles. The monoisotopic (exact) mass is 389 g/mol. The van der Waals surface area contributed by atoms with Crippen molar-refractivity contribution in [2.75, 3.05) is 18.8 Å². The summed E-state index contributed by atoms with van der Waals surface area (Å²) in [5, 5.41) is 13.2. The van der Waals surface area contributed by atoms with Crippen LogP contribution >= 0.6 is 0 Å². The van der Waals surface area contributed by atoms with Crippen LogP contribution in [0.1, 0.15) is 26.2 Å². The number of carbonyl (C=O) groups is 1. The van der Waals surface area contributed by atoms with Gasteiger partial charge in [0.25, 0.3) is 12.9 Å². The first-order chi connectivity index (χ1) is 11.5. The van der Waals surface area contributed by atoms with Crippen LogP contribution in [0.5, 0.6) is 0 Å². The first-order valence-corrected chi connectivity index (χ1v) is 9.31. The van der Waals surface area contributed by atoms with Crippen LogP contribution in [0, 0.1) is 5.92 Å². The second-order valence-corrected chi connectivity index (χ2v) is 8.23. The third kappa shape index (κ3) is 3.80. The molecule has 1 amide bonds. The normalized spacial score (nSPS) is 26.6. The van der Waals surface area contributed by atoms with Gasteiger partial charge in [-0.1, -0.05) is 0 Å². The minimum Gasteiger partial charge on any atom is -0.364 e. The highest BCUT2D eigenvalue weighted by molar-refractivity contribution is 7.89. The second kappa shape index (κ2) is 7.16. The maximum atomic E-state index is 13.2. The van der Waals surface area contributed by atoms with E-state index < -0.39 is 52.6 Å². The van der Waals surface area contributed by atoms with Gasteiger partial charge in [-0.15, -0.1) is 0 Å². The molecule has 2 aliphatic rings. The highest BCUT2D eigenvalue weighted by Gasteiger charge is 2.54. The first-order valence-electron chi connectivity index (χ1n) is 7.71. The van der Waals surface area contributed by atoms with E-state index in [-0.39, 0.29) is 36.7 Å². The van der Waals surface area contributed by atoms with Crippen molar-refractivity contribution in [2.24, 2.45) is 11.0 Å². The Labute approximate surface area is 142 Å². The molecule has 2 rings (SSSR count). The van der Waals surface area contributed by atoms with E-state index in [9.17, 15) is 35.9 Å². The molecule has 1 saturated heterocycles. The molecule has 1 unspecified atom stereocenters. The minimum atomic E-state index is -3.47. The third-order valence-corrected chi connectivity index (χ3v) is 6.29. The Bertz CT molecular complexity index is 650. The first kappa shape index (κ1) is 20.0. The van der Waals surface area contributed by atoms with Gasteiger partial charge in [0.15, 0.2) is 0 Å². The van der Waals surface area contributed by atoms with Crippen molar-refractivity contribution in [3.8, 4) is 0 Å². The van der Waals surface area contributed by atoms with Gasteiger partial charge in [-0.05, 0) is 19.8 Å². The molecule has 0 aromatic rings. The standard InChI is InChI=1S/C13H19F4N3O4S/c1-2-25(23,24)19-5-3-8(4-6-19)11(21)20-13(22,12(16)17)7-9(18-20)10(14)15/h8,10,12,22H,2-7H2,1H3. The number of amides is 1. The summed E-state index contributed by atoms with van der Waals surface area (Å²) in [6, 6.07) is 0. The van der Waals surface area contributed by atoms with Crippen LogP contribution in [0.3, 0.4) is 0 Å². The van der Waals surface area contributed by atoms with Gasteiger partial charge in [0, 0.05) is 25.4 Å². The summed E-state index contributed by atoms with van der Waals surface area (Å²) in [7, 11) is -3.43. The number of hydrogen-bond donors (Lipinski definition) is 1. The average molecular weight is 389 g/mol. The molecule has 25 heavy (non-hydrogen) atoms. The van der Waals surface area contributed by atoms with E-state index >= 15 is 0 Å². The Morgan fingerprint density at radius 1 is 1.32 bits per heavy atom. The lowest BCUT2D eigenvalue weighted by Gasteiger charge is -2.35. The molecule has 2 aliphatic heterocycles. The van der Waals surface area contributed by atoms with Crippen LogP contribution in [0.4, 0.5) is 17.6 Å². The smallest absolute Gasteiger partial charge is 0.287 e. The quantitative estimate of drug-likeness (QED) is 0.706. The van der Waals surface area contributed by atoms with E-state index in [1.807, 2.05) is 0 Å². The summed E-state index contributed by atoms with van der Waals surface area (Å²) >= 11 is 0. The lowest BCUT2D eigenvalue weighted by molar-refractivity contribution is -0.195. The van der Waals surface area contributed by atoms with Crippen LogP contribution in [0.2, 0.25) is 0 Å². The van der Waals surface area contributed by atoms with Gasteiger partial charge in [-0.2, -0.15) is 10.1 Å². The third-order valence-electron chi connectivity index (χ3n) is 4.41. The van der Waals surface area contributed by atoms with Crippen LogP contribution in [-0.2, 0) is 14.8 Å². The zero-order valence-corrected chi connectivity index (χ0v) is 14.2. The summed E-state index contributed by atoms with van der Waals surface area (Å²) in [5.74, 6) is -1.99. The number of aliphatic hydroxyl groups is 1. The van der Waals surface area contributed by atoms with Gasteiger partial charge >= 0.3 is 0 Å². The van der Waals surface area contributed by atoms with Gasteiger partial charge < -0.3 is 5.11 Å². The van der Waals surface area contributed by atoms with Crippen LogP contribution in [0.15, 0.2) is 5.10 Å². The molecular formula is C13H19F4N3O4S. The molecule has 0 radical (unpaired) electrons. The molecule has 2 heterocycles. The number of piperidine rings is 1. The molecule has 0 aliphatic carbocycles. The van der Waals surface area contributed by atoms with Gasteiger partial charge in [0.05, 0.1) is 5.75 Å². The fourth-order valence-electron chi connectivity index (χ4n) is 2.86. The number of hydrogen-bond acceptors (Lipinski definition) is 5. The predicted octanol–water partition coefficient (Wildman–Crippen LogP) is 0.855. The average Bonchev–Trinajstić information content (AvgIpc) is 2.94. The molecule has 144 valence electrons. The number of nitrogens with zero attached hydrogens (tertiary/aromatic N) is 3. The van der Waals surface area contributed by atoms with E-state index in [1.54, 1.807) is 0 Å². The number of sulfonamides is 1. The van der Waals surface area contributed by atoms with Crippen molar-refractivity contribution < 1.29 is 35.9 Å². The number of alkyl halides is 4. The highest BCUT2D eigenvalue weighted by atomic mass is 32.2. The van der Waals surface area contributed by atoms with Crippen LogP contribution in [0.25, 0.3) is 0 Å². The van der Waals surface area contributed by atoms with E-state index in [0.717, 1.165) is 0 Å². The van der Waals surface area contributed by atoms with Gasteiger partial charge in [-0.3, -0.25) is 4.79 Å². The molecular weight excluding hydrogens is 370 g/mol. The molecule has 0 saturated carbocycles. The Balaban J connectivity index is 2.14. The largest absolute Gasteiger partial charge is 0.364 e. The number of hydrazone groups is 1. The maximum Gasteiger partial charge on any atom is 0.287 e.